The molecule has 0 radical (unpaired) electrons. The molecule has 1 aliphatic heterocycles. The van der Waals surface area contributed by atoms with Crippen LogP contribution in [0.3, 0.4) is 0 Å². The van der Waals surface area contributed by atoms with Crippen LogP contribution in [0.4, 0.5) is 5.69 Å². The van der Waals surface area contributed by atoms with E-state index in [-0.39, 0.29) is 5.91 Å². The van der Waals surface area contributed by atoms with E-state index in [0.29, 0.717) is 38.0 Å². The van der Waals surface area contributed by atoms with Gasteiger partial charge in [-0.25, -0.2) is 0 Å². The number of rotatable bonds is 3. The highest BCUT2D eigenvalue weighted by Gasteiger charge is 2.20. The number of pyridine rings is 1. The number of morpholine rings is 1. The van der Waals surface area contributed by atoms with Gasteiger partial charge in [0, 0.05) is 31.0 Å². The topological polar surface area (TPSA) is 54.5 Å². The molecule has 0 aromatic carbocycles. The first-order chi connectivity index (χ1) is 9.83. The molecule has 2 fully saturated rings. The molecule has 3 rings (SSSR count). The molecule has 1 aromatic heterocycles. The summed E-state index contributed by atoms with van der Waals surface area (Å²) in [6.07, 6.45) is 6.74. The Balaban J connectivity index is 1.67. The van der Waals surface area contributed by atoms with Crippen molar-refractivity contribution in [3.05, 3.63) is 24.0 Å². The predicted molar refractivity (Wildman–Crippen MR) is 76.8 cm³/mol. The van der Waals surface area contributed by atoms with Crippen LogP contribution in [0.2, 0.25) is 0 Å². The molecular weight excluding hydrogens is 254 g/mol. The zero-order valence-electron chi connectivity index (χ0n) is 11.7. The summed E-state index contributed by atoms with van der Waals surface area (Å²) in [5, 5.41) is 3.50. The van der Waals surface area contributed by atoms with Gasteiger partial charge in [0.25, 0.3) is 5.91 Å². The van der Waals surface area contributed by atoms with Gasteiger partial charge >= 0.3 is 0 Å². The number of hydrogen-bond donors (Lipinski definition) is 1. The van der Waals surface area contributed by atoms with Gasteiger partial charge in [-0.15, -0.1) is 0 Å². The van der Waals surface area contributed by atoms with Crippen LogP contribution < -0.4 is 5.32 Å². The summed E-state index contributed by atoms with van der Waals surface area (Å²) in [6, 6.07) is 4.36. The van der Waals surface area contributed by atoms with Gasteiger partial charge in [-0.3, -0.25) is 9.78 Å². The lowest BCUT2D eigenvalue weighted by Gasteiger charge is -2.26. The summed E-state index contributed by atoms with van der Waals surface area (Å²) >= 11 is 0. The van der Waals surface area contributed by atoms with Crippen molar-refractivity contribution in [1.82, 2.24) is 9.88 Å². The van der Waals surface area contributed by atoms with E-state index < -0.39 is 0 Å². The summed E-state index contributed by atoms with van der Waals surface area (Å²) in [4.78, 5) is 18.4. The number of carbonyl (C=O) groups excluding carboxylic acids is 1. The van der Waals surface area contributed by atoms with Crippen molar-refractivity contribution in [3.63, 3.8) is 0 Å². The summed E-state index contributed by atoms with van der Waals surface area (Å²) in [5.41, 5.74) is 1.53. The van der Waals surface area contributed by atoms with Crippen molar-refractivity contribution in [2.75, 3.05) is 31.6 Å². The molecule has 2 aliphatic rings. The van der Waals surface area contributed by atoms with Gasteiger partial charge in [0.2, 0.25) is 0 Å². The number of nitrogens with one attached hydrogen (secondary N) is 1. The van der Waals surface area contributed by atoms with Crippen molar-refractivity contribution in [3.8, 4) is 0 Å². The standard InChI is InChI=1S/C15H21N3O2/c19-15(18-7-9-20-10-8-18)14-11-13(5-6-16-14)17-12-3-1-2-4-12/h5-6,11-12H,1-4,7-10H2,(H,16,17). The minimum atomic E-state index is 0.00312. The highest BCUT2D eigenvalue weighted by molar-refractivity contribution is 5.93. The van der Waals surface area contributed by atoms with E-state index in [0.717, 1.165) is 5.69 Å². The largest absolute Gasteiger partial charge is 0.382 e. The molecule has 108 valence electrons. The van der Waals surface area contributed by atoms with Gasteiger partial charge in [-0.1, -0.05) is 12.8 Å². The lowest BCUT2D eigenvalue weighted by atomic mass is 10.2. The molecule has 5 nitrogen and oxygen atoms in total. The molecule has 5 heteroatoms. The third-order valence-corrected chi connectivity index (χ3v) is 4.00. The first-order valence-corrected chi connectivity index (χ1v) is 7.42. The minimum Gasteiger partial charge on any atom is -0.382 e. The average molecular weight is 275 g/mol. The number of anilines is 1. The monoisotopic (exact) mass is 275 g/mol. The molecule has 0 atom stereocenters. The summed E-state index contributed by atoms with van der Waals surface area (Å²) in [6.45, 7) is 2.54. The molecule has 1 saturated carbocycles. The number of nitrogens with zero attached hydrogens (tertiary/aromatic N) is 2. The van der Waals surface area contributed by atoms with Crippen LogP contribution in [0.25, 0.3) is 0 Å². The van der Waals surface area contributed by atoms with E-state index in [9.17, 15) is 4.79 Å². The van der Waals surface area contributed by atoms with Gasteiger partial charge < -0.3 is 15.0 Å². The first-order valence-electron chi connectivity index (χ1n) is 7.42. The molecule has 1 amide bonds. The fourth-order valence-corrected chi connectivity index (χ4v) is 2.87. The van der Waals surface area contributed by atoms with E-state index in [1.807, 2.05) is 17.0 Å². The minimum absolute atomic E-state index is 0.00312. The fraction of sp³-hybridized carbons (Fsp3) is 0.600. The Morgan fingerprint density at radius 1 is 1.30 bits per heavy atom. The smallest absolute Gasteiger partial charge is 0.272 e. The molecule has 2 heterocycles. The van der Waals surface area contributed by atoms with E-state index in [4.69, 9.17) is 4.74 Å². The maximum Gasteiger partial charge on any atom is 0.272 e. The second-order valence-corrected chi connectivity index (χ2v) is 5.46. The number of hydrogen-bond acceptors (Lipinski definition) is 4. The number of amides is 1. The van der Waals surface area contributed by atoms with Crippen molar-refractivity contribution in [2.45, 2.75) is 31.7 Å². The number of carbonyl (C=O) groups is 1. The Labute approximate surface area is 119 Å². The molecule has 1 saturated heterocycles. The third-order valence-electron chi connectivity index (χ3n) is 4.00. The van der Waals surface area contributed by atoms with Crippen LogP contribution in [0.1, 0.15) is 36.2 Å². The molecule has 1 aliphatic carbocycles. The zero-order valence-corrected chi connectivity index (χ0v) is 11.7. The van der Waals surface area contributed by atoms with Crippen LogP contribution >= 0.6 is 0 Å². The predicted octanol–water partition coefficient (Wildman–Crippen LogP) is 1.91. The maximum atomic E-state index is 12.4. The average Bonchev–Trinajstić information content (AvgIpc) is 3.01. The third kappa shape index (κ3) is 3.10. The first kappa shape index (κ1) is 13.4. The van der Waals surface area contributed by atoms with Crippen molar-refractivity contribution < 1.29 is 9.53 Å². The Hall–Kier alpha value is -1.62. The second kappa shape index (κ2) is 6.22. The van der Waals surface area contributed by atoms with Crippen molar-refractivity contribution >= 4 is 11.6 Å². The van der Waals surface area contributed by atoms with Gasteiger partial charge in [-0.2, -0.15) is 0 Å². The molecule has 0 unspecified atom stereocenters. The number of aromatic nitrogens is 1. The molecule has 20 heavy (non-hydrogen) atoms. The molecule has 1 aromatic rings. The Bertz CT molecular complexity index is 466. The molecular formula is C15H21N3O2. The van der Waals surface area contributed by atoms with Gasteiger partial charge in [0.05, 0.1) is 13.2 Å². The van der Waals surface area contributed by atoms with E-state index >= 15 is 0 Å². The maximum absolute atomic E-state index is 12.4. The van der Waals surface area contributed by atoms with Crippen LogP contribution in [0.15, 0.2) is 18.3 Å². The van der Waals surface area contributed by atoms with E-state index in [2.05, 4.69) is 10.3 Å². The summed E-state index contributed by atoms with van der Waals surface area (Å²) in [5.74, 6) is 0.00312. The Morgan fingerprint density at radius 2 is 2.05 bits per heavy atom. The van der Waals surface area contributed by atoms with Crippen LogP contribution in [-0.2, 0) is 4.74 Å². The van der Waals surface area contributed by atoms with Crippen molar-refractivity contribution in [2.24, 2.45) is 0 Å². The van der Waals surface area contributed by atoms with Gasteiger partial charge in [-0.05, 0) is 25.0 Å². The van der Waals surface area contributed by atoms with Crippen LogP contribution in [0.5, 0.6) is 0 Å². The zero-order chi connectivity index (χ0) is 13.8. The fourth-order valence-electron chi connectivity index (χ4n) is 2.87. The van der Waals surface area contributed by atoms with Crippen molar-refractivity contribution in [1.29, 1.82) is 0 Å². The lowest BCUT2D eigenvalue weighted by molar-refractivity contribution is 0.0299. The van der Waals surface area contributed by atoms with E-state index in [1.165, 1.54) is 25.7 Å². The molecule has 0 bridgehead atoms. The quantitative estimate of drug-likeness (QED) is 0.915. The highest BCUT2D eigenvalue weighted by Crippen LogP contribution is 2.22. The summed E-state index contributed by atoms with van der Waals surface area (Å²) in [7, 11) is 0. The lowest BCUT2D eigenvalue weighted by Crippen LogP contribution is -2.41. The SMILES string of the molecule is O=C(c1cc(NC2CCCC2)ccn1)N1CCOCC1. The normalized spacial score (nSPS) is 20.1. The second-order valence-electron chi connectivity index (χ2n) is 5.46. The van der Waals surface area contributed by atoms with E-state index in [1.54, 1.807) is 6.20 Å². The van der Waals surface area contributed by atoms with Crippen LogP contribution in [0, 0.1) is 0 Å². The Morgan fingerprint density at radius 3 is 2.80 bits per heavy atom. The highest BCUT2D eigenvalue weighted by atomic mass is 16.5. The molecule has 1 N–H and O–H groups in total. The summed E-state index contributed by atoms with van der Waals surface area (Å²) < 4.78 is 5.27. The van der Waals surface area contributed by atoms with Gasteiger partial charge in [0.1, 0.15) is 5.69 Å². The molecule has 0 spiro atoms. The Kier molecular flexibility index (Phi) is 4.16. The van der Waals surface area contributed by atoms with Gasteiger partial charge in [0.15, 0.2) is 0 Å². The van der Waals surface area contributed by atoms with Crippen LogP contribution in [-0.4, -0.2) is 48.1 Å². The number of ether oxygens (including phenoxy) is 1.